The van der Waals surface area contributed by atoms with Crippen LogP contribution < -0.4 is 9.80 Å². The molecule has 0 aliphatic carbocycles. The number of rotatable bonds is 5. The summed E-state index contributed by atoms with van der Waals surface area (Å²) < 4.78 is 29.5. The molecule has 2 fully saturated rings. The van der Waals surface area contributed by atoms with E-state index in [1.165, 1.54) is 19.3 Å². The number of piperazine rings is 1. The zero-order valence-electron chi connectivity index (χ0n) is 17.9. The van der Waals surface area contributed by atoms with E-state index in [9.17, 15) is 8.42 Å². The molecule has 10 heteroatoms. The van der Waals surface area contributed by atoms with Crippen molar-refractivity contribution in [2.75, 3.05) is 49.1 Å². The fourth-order valence-corrected chi connectivity index (χ4v) is 5.68. The number of benzene rings is 1. The lowest BCUT2D eigenvalue weighted by atomic mass is 10.1. The minimum Gasteiger partial charge on any atom is -0.354 e. The van der Waals surface area contributed by atoms with Gasteiger partial charge in [0.1, 0.15) is 5.82 Å². The van der Waals surface area contributed by atoms with Gasteiger partial charge in [0.25, 0.3) is 0 Å². The Bertz CT molecular complexity index is 1140. The SMILES string of the molecule is O=S(=O)(c1ccc(-n2cccn2)cc1)N1CCN(c2ccnc(N3CCCCC3)n2)CC1. The average Bonchev–Trinajstić information content (AvgIpc) is 3.40. The van der Waals surface area contributed by atoms with Crippen molar-refractivity contribution in [2.45, 2.75) is 24.2 Å². The molecule has 9 nitrogen and oxygen atoms in total. The summed E-state index contributed by atoms with van der Waals surface area (Å²) in [5.41, 5.74) is 0.826. The van der Waals surface area contributed by atoms with Gasteiger partial charge in [-0.05, 0) is 55.7 Å². The van der Waals surface area contributed by atoms with Crippen molar-refractivity contribution in [2.24, 2.45) is 0 Å². The summed E-state index contributed by atoms with van der Waals surface area (Å²) >= 11 is 0. The van der Waals surface area contributed by atoms with Crippen LogP contribution in [0.15, 0.2) is 59.9 Å². The van der Waals surface area contributed by atoms with Gasteiger partial charge in [-0.25, -0.2) is 18.1 Å². The second-order valence-electron chi connectivity index (χ2n) is 8.10. The third-order valence-corrected chi connectivity index (χ3v) is 7.99. The second-order valence-corrected chi connectivity index (χ2v) is 10.0. The topological polar surface area (TPSA) is 87.5 Å². The lowest BCUT2D eigenvalue weighted by Crippen LogP contribution is -2.49. The maximum absolute atomic E-state index is 13.1. The quantitative estimate of drug-likeness (QED) is 0.585. The largest absolute Gasteiger partial charge is 0.354 e. The van der Waals surface area contributed by atoms with Crippen LogP contribution in [0.25, 0.3) is 5.69 Å². The van der Waals surface area contributed by atoms with Gasteiger partial charge in [-0.3, -0.25) is 0 Å². The van der Waals surface area contributed by atoms with Crippen molar-refractivity contribution in [3.8, 4) is 5.69 Å². The number of hydrogen-bond acceptors (Lipinski definition) is 7. The first-order valence-corrected chi connectivity index (χ1v) is 12.5. The van der Waals surface area contributed by atoms with Crippen molar-refractivity contribution in [3.63, 3.8) is 0 Å². The second kappa shape index (κ2) is 8.87. The van der Waals surface area contributed by atoms with Crippen molar-refractivity contribution in [3.05, 3.63) is 55.0 Å². The van der Waals surface area contributed by atoms with Gasteiger partial charge in [-0.15, -0.1) is 0 Å². The van der Waals surface area contributed by atoms with Crippen LogP contribution in [0.5, 0.6) is 0 Å². The van der Waals surface area contributed by atoms with Gasteiger partial charge in [0.2, 0.25) is 16.0 Å². The summed E-state index contributed by atoms with van der Waals surface area (Å²) in [7, 11) is -3.54. The minimum absolute atomic E-state index is 0.302. The van der Waals surface area contributed by atoms with Crippen molar-refractivity contribution < 1.29 is 8.42 Å². The number of nitrogens with zero attached hydrogens (tertiary/aromatic N) is 7. The summed E-state index contributed by atoms with van der Waals surface area (Å²) in [6.07, 6.45) is 8.93. The molecule has 2 saturated heterocycles. The molecule has 0 bridgehead atoms. The smallest absolute Gasteiger partial charge is 0.243 e. The number of hydrogen-bond donors (Lipinski definition) is 0. The Balaban J connectivity index is 1.25. The third-order valence-electron chi connectivity index (χ3n) is 6.07. The van der Waals surface area contributed by atoms with Crippen LogP contribution in [0, 0.1) is 0 Å². The lowest BCUT2D eigenvalue weighted by molar-refractivity contribution is 0.383. The first kappa shape index (κ1) is 20.9. The Morgan fingerprint density at radius 2 is 1.53 bits per heavy atom. The standard InChI is InChI=1S/C22H27N7O2S/c30-32(31,20-7-5-19(6-8-20)29-14-4-10-24-29)28-17-15-26(16-18-28)21-9-11-23-22(25-21)27-12-2-1-3-13-27/h4-11,14H,1-3,12-13,15-18H2. The van der Waals surface area contributed by atoms with E-state index in [0.29, 0.717) is 31.1 Å². The molecule has 3 aromatic rings. The summed E-state index contributed by atoms with van der Waals surface area (Å²) in [6, 6.07) is 10.6. The fourth-order valence-electron chi connectivity index (χ4n) is 4.26. The van der Waals surface area contributed by atoms with E-state index < -0.39 is 10.0 Å². The van der Waals surface area contributed by atoms with Crippen LogP contribution in [-0.4, -0.2) is 71.7 Å². The van der Waals surface area contributed by atoms with Crippen LogP contribution in [-0.2, 0) is 10.0 Å². The molecule has 0 N–H and O–H groups in total. The molecule has 0 radical (unpaired) electrons. The highest BCUT2D eigenvalue weighted by molar-refractivity contribution is 7.89. The van der Waals surface area contributed by atoms with Crippen molar-refractivity contribution >= 4 is 21.8 Å². The number of sulfonamides is 1. The number of aromatic nitrogens is 4. The molecule has 0 unspecified atom stereocenters. The van der Waals surface area contributed by atoms with Crippen molar-refractivity contribution in [1.29, 1.82) is 0 Å². The Kier molecular flexibility index (Phi) is 5.79. The Morgan fingerprint density at radius 1 is 0.781 bits per heavy atom. The Labute approximate surface area is 188 Å². The van der Waals surface area contributed by atoms with Gasteiger partial charge in [0.15, 0.2) is 0 Å². The maximum atomic E-state index is 13.1. The van der Waals surface area contributed by atoms with E-state index in [2.05, 4.69) is 19.9 Å². The normalized spacial score (nSPS) is 18.1. The average molecular weight is 454 g/mol. The van der Waals surface area contributed by atoms with Crippen LogP contribution in [0.3, 0.4) is 0 Å². The van der Waals surface area contributed by atoms with E-state index in [1.807, 2.05) is 18.3 Å². The van der Waals surface area contributed by atoms with Gasteiger partial charge in [0.05, 0.1) is 10.6 Å². The monoisotopic (exact) mass is 453 g/mol. The first-order valence-electron chi connectivity index (χ1n) is 11.0. The minimum atomic E-state index is -3.54. The molecule has 0 spiro atoms. The molecular weight excluding hydrogens is 426 g/mol. The summed E-state index contributed by atoms with van der Waals surface area (Å²) in [5, 5.41) is 4.18. The predicted octanol–water partition coefficient (Wildman–Crippen LogP) is 2.16. The highest BCUT2D eigenvalue weighted by atomic mass is 32.2. The van der Waals surface area contributed by atoms with E-state index in [-0.39, 0.29) is 0 Å². The maximum Gasteiger partial charge on any atom is 0.243 e. The summed E-state index contributed by atoms with van der Waals surface area (Å²) in [4.78, 5) is 13.9. The molecule has 0 amide bonds. The van der Waals surface area contributed by atoms with Crippen LogP contribution >= 0.6 is 0 Å². The van der Waals surface area contributed by atoms with E-state index in [0.717, 1.165) is 30.5 Å². The highest BCUT2D eigenvalue weighted by Crippen LogP contribution is 2.23. The molecular formula is C22H27N7O2S. The van der Waals surface area contributed by atoms with Gasteiger partial charge < -0.3 is 9.80 Å². The summed E-state index contributed by atoms with van der Waals surface area (Å²) in [6.45, 7) is 4.03. The molecule has 5 rings (SSSR count). The molecule has 0 atom stereocenters. The third kappa shape index (κ3) is 4.20. The zero-order chi connectivity index (χ0) is 22.0. The van der Waals surface area contributed by atoms with Gasteiger partial charge in [-0.2, -0.15) is 14.4 Å². The molecule has 4 heterocycles. The molecule has 1 aromatic carbocycles. The molecule has 2 aliphatic heterocycles. The van der Waals surface area contributed by atoms with E-state index in [1.54, 1.807) is 45.6 Å². The van der Waals surface area contributed by atoms with Crippen LogP contribution in [0.2, 0.25) is 0 Å². The van der Waals surface area contributed by atoms with Crippen LogP contribution in [0.1, 0.15) is 19.3 Å². The van der Waals surface area contributed by atoms with Crippen LogP contribution in [0.4, 0.5) is 11.8 Å². The molecule has 2 aliphatic rings. The lowest BCUT2D eigenvalue weighted by Gasteiger charge is -2.35. The van der Waals surface area contributed by atoms with Gasteiger partial charge in [-0.1, -0.05) is 0 Å². The Morgan fingerprint density at radius 3 is 2.22 bits per heavy atom. The molecule has 168 valence electrons. The highest BCUT2D eigenvalue weighted by Gasteiger charge is 2.29. The van der Waals surface area contributed by atoms with E-state index >= 15 is 0 Å². The predicted molar refractivity (Wildman–Crippen MR) is 123 cm³/mol. The van der Waals surface area contributed by atoms with Gasteiger partial charge >= 0.3 is 0 Å². The summed E-state index contributed by atoms with van der Waals surface area (Å²) in [5.74, 6) is 1.63. The molecule has 32 heavy (non-hydrogen) atoms. The molecule has 0 saturated carbocycles. The molecule has 2 aromatic heterocycles. The Hall–Kier alpha value is -2.98. The first-order chi connectivity index (χ1) is 15.6. The number of anilines is 2. The van der Waals surface area contributed by atoms with E-state index in [4.69, 9.17) is 4.98 Å². The van der Waals surface area contributed by atoms with Crippen molar-refractivity contribution in [1.82, 2.24) is 24.1 Å². The number of piperidine rings is 1. The fraction of sp³-hybridized carbons (Fsp3) is 0.409. The zero-order valence-corrected chi connectivity index (χ0v) is 18.7. The van der Waals surface area contributed by atoms with Gasteiger partial charge in [0, 0.05) is 57.9 Å².